The van der Waals surface area contributed by atoms with Gasteiger partial charge in [0.2, 0.25) is 5.91 Å². The summed E-state index contributed by atoms with van der Waals surface area (Å²) in [5, 5.41) is 3.96. The first-order chi connectivity index (χ1) is 15.5. The second kappa shape index (κ2) is 9.80. The first-order valence-electron chi connectivity index (χ1n) is 11.7. The lowest BCUT2D eigenvalue weighted by atomic mass is 9.72. The van der Waals surface area contributed by atoms with Gasteiger partial charge in [0.1, 0.15) is 12.4 Å². The zero-order valence-corrected chi connectivity index (χ0v) is 19.6. The summed E-state index contributed by atoms with van der Waals surface area (Å²) in [6.45, 7) is 7.35. The summed E-state index contributed by atoms with van der Waals surface area (Å²) in [5.74, 6) is 3.52. The minimum Gasteiger partial charge on any atom is -0.493 e. The molecule has 0 unspecified atom stereocenters. The van der Waals surface area contributed by atoms with Crippen LogP contribution in [0.25, 0.3) is 6.08 Å². The van der Waals surface area contributed by atoms with Crippen molar-refractivity contribution in [2.45, 2.75) is 65.5 Å². The molecular weight excluding hydrogens is 404 g/mol. The third-order valence-corrected chi connectivity index (χ3v) is 7.18. The zero-order chi connectivity index (χ0) is 22.7. The van der Waals surface area contributed by atoms with E-state index >= 15 is 0 Å². The van der Waals surface area contributed by atoms with E-state index in [2.05, 4.69) is 17.0 Å². The molecule has 0 bridgehead atoms. The van der Waals surface area contributed by atoms with Gasteiger partial charge in [-0.15, -0.1) is 0 Å². The third kappa shape index (κ3) is 4.69. The van der Waals surface area contributed by atoms with Crippen LogP contribution in [0.2, 0.25) is 0 Å². The first kappa shape index (κ1) is 22.4. The van der Waals surface area contributed by atoms with E-state index in [4.69, 9.17) is 14.0 Å². The topological polar surface area (TPSA) is 64.8 Å². The molecule has 1 saturated carbocycles. The van der Waals surface area contributed by atoms with E-state index in [9.17, 15) is 4.79 Å². The number of hydrogen-bond acceptors (Lipinski definition) is 5. The fourth-order valence-corrected chi connectivity index (χ4v) is 5.22. The molecule has 2 fully saturated rings. The van der Waals surface area contributed by atoms with Crippen LogP contribution in [0.15, 0.2) is 28.8 Å². The normalized spacial score (nSPS) is 23.2. The number of aryl methyl sites for hydroxylation is 2. The van der Waals surface area contributed by atoms with E-state index < -0.39 is 0 Å². The third-order valence-electron chi connectivity index (χ3n) is 7.18. The van der Waals surface area contributed by atoms with Crippen LogP contribution in [0.5, 0.6) is 11.5 Å². The molecule has 172 valence electrons. The van der Waals surface area contributed by atoms with Crippen molar-refractivity contribution in [1.82, 2.24) is 10.1 Å². The zero-order valence-electron chi connectivity index (χ0n) is 19.6. The lowest BCUT2D eigenvalue weighted by Gasteiger charge is -2.47. The number of benzene rings is 1. The number of aromatic nitrogens is 1. The van der Waals surface area contributed by atoms with Crippen LogP contribution in [0, 0.1) is 25.7 Å². The number of methoxy groups -OCH3 is 1. The predicted molar refractivity (Wildman–Crippen MR) is 124 cm³/mol. The highest BCUT2D eigenvalue weighted by molar-refractivity contribution is 5.92. The molecular formula is C26H34N2O4. The lowest BCUT2D eigenvalue weighted by Crippen LogP contribution is -2.51. The van der Waals surface area contributed by atoms with E-state index in [-0.39, 0.29) is 5.91 Å². The Kier molecular flexibility index (Phi) is 6.87. The Balaban J connectivity index is 1.43. The molecule has 0 spiro atoms. The molecule has 1 amide bonds. The average molecular weight is 439 g/mol. The molecule has 3 atom stereocenters. The predicted octanol–water partition coefficient (Wildman–Crippen LogP) is 5.32. The van der Waals surface area contributed by atoms with Gasteiger partial charge in [-0.3, -0.25) is 4.79 Å². The Bertz CT molecular complexity index is 961. The Morgan fingerprint density at radius 2 is 2.03 bits per heavy atom. The molecule has 1 aromatic carbocycles. The van der Waals surface area contributed by atoms with Crippen molar-refractivity contribution < 1.29 is 18.8 Å². The number of piperidine rings is 1. The summed E-state index contributed by atoms with van der Waals surface area (Å²) < 4.78 is 16.7. The van der Waals surface area contributed by atoms with E-state index in [1.807, 2.05) is 38.1 Å². The Morgan fingerprint density at radius 1 is 1.22 bits per heavy atom. The van der Waals surface area contributed by atoms with Crippen molar-refractivity contribution in [2.75, 3.05) is 13.7 Å². The average Bonchev–Trinajstić information content (AvgIpc) is 3.13. The highest BCUT2D eigenvalue weighted by Gasteiger charge is 2.38. The van der Waals surface area contributed by atoms with Gasteiger partial charge in [0.15, 0.2) is 11.5 Å². The Labute approximate surface area is 190 Å². The minimum atomic E-state index is 0.117. The molecule has 4 rings (SSSR count). The summed E-state index contributed by atoms with van der Waals surface area (Å²) in [4.78, 5) is 15.1. The molecule has 0 N–H and O–H groups in total. The Hall–Kier alpha value is -2.76. The van der Waals surface area contributed by atoms with E-state index in [0.717, 1.165) is 47.9 Å². The number of carbonyl (C=O) groups excluding carboxylic acids is 1. The van der Waals surface area contributed by atoms with Gasteiger partial charge in [-0.05, 0) is 68.7 Å². The van der Waals surface area contributed by atoms with Crippen LogP contribution in [-0.4, -0.2) is 35.7 Å². The van der Waals surface area contributed by atoms with Crippen molar-refractivity contribution in [2.24, 2.45) is 11.8 Å². The fraction of sp³-hybridized carbons (Fsp3) is 0.538. The first-order valence-corrected chi connectivity index (χ1v) is 11.7. The molecule has 32 heavy (non-hydrogen) atoms. The van der Waals surface area contributed by atoms with Crippen LogP contribution in [0.1, 0.15) is 61.6 Å². The molecule has 1 aliphatic carbocycles. The van der Waals surface area contributed by atoms with Crippen molar-refractivity contribution in [1.29, 1.82) is 0 Å². The molecule has 6 heteroatoms. The van der Waals surface area contributed by atoms with Crippen molar-refractivity contribution in [3.05, 3.63) is 46.9 Å². The molecule has 1 saturated heterocycles. The van der Waals surface area contributed by atoms with Gasteiger partial charge in [-0.25, -0.2) is 0 Å². The highest BCUT2D eigenvalue weighted by atomic mass is 16.5. The number of rotatable bonds is 6. The van der Waals surface area contributed by atoms with E-state index in [1.165, 1.54) is 19.3 Å². The minimum absolute atomic E-state index is 0.117. The van der Waals surface area contributed by atoms with Gasteiger partial charge in [0.05, 0.1) is 18.4 Å². The van der Waals surface area contributed by atoms with Crippen LogP contribution >= 0.6 is 0 Å². The molecule has 2 aliphatic rings. The Morgan fingerprint density at radius 3 is 2.78 bits per heavy atom. The monoisotopic (exact) mass is 438 g/mol. The highest BCUT2D eigenvalue weighted by Crippen LogP contribution is 2.39. The molecule has 2 heterocycles. The van der Waals surface area contributed by atoms with Crippen LogP contribution in [0.4, 0.5) is 0 Å². The summed E-state index contributed by atoms with van der Waals surface area (Å²) in [5.41, 5.74) is 2.68. The van der Waals surface area contributed by atoms with Crippen molar-refractivity contribution >= 4 is 12.0 Å². The largest absolute Gasteiger partial charge is 0.493 e. The van der Waals surface area contributed by atoms with Crippen LogP contribution in [-0.2, 0) is 11.4 Å². The maximum absolute atomic E-state index is 13.0. The smallest absolute Gasteiger partial charge is 0.246 e. The number of fused-ring (bicyclic) bond motifs is 1. The van der Waals surface area contributed by atoms with Gasteiger partial charge in [-0.2, -0.15) is 0 Å². The molecule has 6 nitrogen and oxygen atoms in total. The number of carbonyl (C=O) groups is 1. The van der Waals surface area contributed by atoms with Gasteiger partial charge in [0.25, 0.3) is 0 Å². The van der Waals surface area contributed by atoms with Crippen LogP contribution < -0.4 is 9.47 Å². The fourth-order valence-electron chi connectivity index (χ4n) is 5.22. The maximum Gasteiger partial charge on any atom is 0.246 e. The summed E-state index contributed by atoms with van der Waals surface area (Å²) in [6, 6.07) is 6.12. The number of likely N-dealkylation sites (tertiary alicyclic amines) is 1. The number of ether oxygens (including phenoxy) is 2. The van der Waals surface area contributed by atoms with Gasteiger partial charge in [0, 0.05) is 18.7 Å². The summed E-state index contributed by atoms with van der Waals surface area (Å²) in [7, 11) is 1.62. The molecule has 1 aromatic heterocycles. The van der Waals surface area contributed by atoms with Crippen LogP contribution in [0.3, 0.4) is 0 Å². The standard InChI is InChI=1S/C26H34N2O4/c1-17-13-14-28(23-8-6-5-7-21(17)23)26(29)12-10-20-9-11-24(25(15-20)30-4)31-16-22-18(2)27-32-19(22)3/h9-12,15,17,21,23H,5-8,13-14,16H2,1-4H3/b12-10+/t17-,21+,23-/m0/s1. The SMILES string of the molecule is COc1cc(/C=C/C(=O)N2CC[C@H](C)[C@H]3CCCC[C@@H]32)ccc1OCc1c(C)noc1C. The summed E-state index contributed by atoms with van der Waals surface area (Å²) in [6.07, 6.45) is 9.61. The molecule has 0 radical (unpaired) electrons. The van der Waals surface area contributed by atoms with Gasteiger partial charge < -0.3 is 18.9 Å². The number of nitrogens with zero attached hydrogens (tertiary/aromatic N) is 2. The maximum atomic E-state index is 13.0. The number of amides is 1. The molecule has 1 aliphatic heterocycles. The van der Waals surface area contributed by atoms with E-state index in [1.54, 1.807) is 13.2 Å². The van der Waals surface area contributed by atoms with Gasteiger partial charge >= 0.3 is 0 Å². The summed E-state index contributed by atoms with van der Waals surface area (Å²) >= 11 is 0. The van der Waals surface area contributed by atoms with Crippen molar-refractivity contribution in [3.63, 3.8) is 0 Å². The van der Waals surface area contributed by atoms with Gasteiger partial charge in [-0.1, -0.05) is 31.0 Å². The number of hydrogen-bond donors (Lipinski definition) is 0. The second-order valence-corrected chi connectivity index (χ2v) is 9.15. The van der Waals surface area contributed by atoms with E-state index in [0.29, 0.717) is 30.1 Å². The molecule has 2 aromatic rings. The quantitative estimate of drug-likeness (QED) is 0.571. The second-order valence-electron chi connectivity index (χ2n) is 9.15. The van der Waals surface area contributed by atoms with Crippen molar-refractivity contribution in [3.8, 4) is 11.5 Å². The lowest BCUT2D eigenvalue weighted by molar-refractivity contribution is -0.133.